The first-order valence-electron chi connectivity index (χ1n) is 7.06. The predicted molar refractivity (Wildman–Crippen MR) is 88.9 cm³/mol. The Morgan fingerprint density at radius 2 is 1.75 bits per heavy atom. The summed E-state index contributed by atoms with van der Waals surface area (Å²) in [6.45, 7) is 0. The highest BCUT2D eigenvalue weighted by Gasteiger charge is 2.13. The molecule has 0 amide bonds. The van der Waals surface area contributed by atoms with Crippen LogP contribution in [0, 0.1) is 11.6 Å². The molecule has 0 saturated heterocycles. The molecule has 3 aromatic rings. The van der Waals surface area contributed by atoms with Gasteiger partial charge in [0.2, 0.25) is 5.78 Å². The zero-order valence-corrected chi connectivity index (χ0v) is 13.1. The zero-order valence-electron chi connectivity index (χ0n) is 12.3. The largest absolute Gasteiger partial charge is 0.453 e. The highest BCUT2D eigenvalue weighted by atomic mass is 35.5. The predicted octanol–water partition coefficient (Wildman–Crippen LogP) is 5.77. The molecule has 2 aromatic carbocycles. The van der Waals surface area contributed by atoms with Crippen molar-refractivity contribution in [1.29, 1.82) is 0 Å². The van der Waals surface area contributed by atoms with E-state index < -0.39 is 11.6 Å². The maximum atomic E-state index is 13.7. The quantitative estimate of drug-likeness (QED) is 0.444. The molecule has 0 unspecified atom stereocenters. The molecule has 24 heavy (non-hydrogen) atoms. The molecule has 3 rings (SSSR count). The number of carbonyl (C=O) groups excluding carboxylic acids is 1. The topological polar surface area (TPSA) is 30.2 Å². The van der Waals surface area contributed by atoms with Crippen LogP contribution in [-0.4, -0.2) is 5.78 Å². The van der Waals surface area contributed by atoms with Crippen molar-refractivity contribution in [2.75, 3.05) is 0 Å². The Labute approximate surface area is 142 Å². The van der Waals surface area contributed by atoms with Crippen LogP contribution in [0.3, 0.4) is 0 Å². The number of furan rings is 1. The Hall–Kier alpha value is -2.72. The molecule has 0 N–H and O–H groups in total. The third kappa shape index (κ3) is 3.60. The fraction of sp³-hybridized carbons (Fsp3) is 0. The summed E-state index contributed by atoms with van der Waals surface area (Å²) < 4.78 is 32.1. The molecular formula is C19H11ClF2O2. The molecule has 0 saturated carbocycles. The van der Waals surface area contributed by atoms with Crippen LogP contribution >= 0.6 is 11.6 Å². The van der Waals surface area contributed by atoms with Gasteiger partial charge in [0.15, 0.2) is 5.76 Å². The van der Waals surface area contributed by atoms with Gasteiger partial charge >= 0.3 is 0 Å². The van der Waals surface area contributed by atoms with Gasteiger partial charge in [0.1, 0.15) is 17.4 Å². The van der Waals surface area contributed by atoms with Gasteiger partial charge in [-0.15, -0.1) is 0 Å². The third-order valence-corrected chi connectivity index (χ3v) is 3.59. The van der Waals surface area contributed by atoms with Crippen molar-refractivity contribution in [1.82, 2.24) is 0 Å². The van der Waals surface area contributed by atoms with Gasteiger partial charge in [-0.25, -0.2) is 8.78 Å². The molecule has 2 nitrogen and oxygen atoms in total. The molecule has 0 fully saturated rings. The van der Waals surface area contributed by atoms with E-state index in [2.05, 4.69) is 0 Å². The molecule has 0 spiro atoms. The number of halogens is 3. The summed E-state index contributed by atoms with van der Waals surface area (Å²) in [7, 11) is 0. The van der Waals surface area contributed by atoms with Crippen molar-refractivity contribution in [2.24, 2.45) is 0 Å². The highest BCUT2D eigenvalue weighted by Crippen LogP contribution is 2.26. The minimum Gasteiger partial charge on any atom is -0.453 e. The van der Waals surface area contributed by atoms with Gasteiger partial charge in [-0.3, -0.25) is 4.79 Å². The molecule has 0 radical (unpaired) electrons. The fourth-order valence-corrected chi connectivity index (χ4v) is 2.26. The summed E-state index contributed by atoms with van der Waals surface area (Å²) in [6, 6.07) is 13.1. The van der Waals surface area contributed by atoms with Crippen molar-refractivity contribution >= 4 is 23.5 Å². The first-order chi connectivity index (χ1) is 11.5. The van der Waals surface area contributed by atoms with Gasteiger partial charge in [-0.1, -0.05) is 29.8 Å². The maximum absolute atomic E-state index is 13.7. The Balaban J connectivity index is 1.79. The molecule has 0 bridgehead atoms. The Kier molecular flexibility index (Phi) is 4.58. The van der Waals surface area contributed by atoms with E-state index >= 15 is 0 Å². The Morgan fingerprint density at radius 1 is 1.00 bits per heavy atom. The Morgan fingerprint density at radius 3 is 2.46 bits per heavy atom. The molecule has 0 aliphatic carbocycles. The van der Waals surface area contributed by atoms with Crippen LogP contribution in [0.1, 0.15) is 16.1 Å². The van der Waals surface area contributed by atoms with Gasteiger partial charge in [0, 0.05) is 11.1 Å². The minimum atomic E-state index is -0.750. The second-order valence-corrected chi connectivity index (χ2v) is 5.47. The number of carbonyl (C=O) groups is 1. The van der Waals surface area contributed by atoms with Crippen molar-refractivity contribution < 1.29 is 18.0 Å². The SMILES string of the molecule is O=C(/C=C/c1ccc(Cl)cc1)c1ccc(-c2ccc(F)cc2F)o1. The lowest BCUT2D eigenvalue weighted by Gasteiger charge is -1.99. The molecule has 1 aromatic heterocycles. The molecule has 0 aliphatic rings. The van der Waals surface area contributed by atoms with Crippen LogP contribution in [0.5, 0.6) is 0 Å². The van der Waals surface area contributed by atoms with Crippen molar-refractivity contribution in [3.8, 4) is 11.3 Å². The smallest absolute Gasteiger partial charge is 0.221 e. The van der Waals surface area contributed by atoms with Crippen molar-refractivity contribution in [3.63, 3.8) is 0 Å². The molecule has 1 heterocycles. The monoisotopic (exact) mass is 344 g/mol. The fourth-order valence-electron chi connectivity index (χ4n) is 2.13. The van der Waals surface area contributed by atoms with Crippen LogP contribution < -0.4 is 0 Å². The highest BCUT2D eigenvalue weighted by molar-refractivity contribution is 6.30. The van der Waals surface area contributed by atoms with Crippen LogP contribution in [0.25, 0.3) is 17.4 Å². The van der Waals surface area contributed by atoms with E-state index in [-0.39, 0.29) is 22.9 Å². The van der Waals surface area contributed by atoms with E-state index in [9.17, 15) is 13.6 Å². The summed E-state index contributed by atoms with van der Waals surface area (Å²) >= 11 is 5.79. The number of allylic oxidation sites excluding steroid dienone is 1. The second-order valence-electron chi connectivity index (χ2n) is 5.04. The van der Waals surface area contributed by atoms with Crippen LogP contribution in [0.15, 0.2) is 65.1 Å². The number of ketones is 1. The van der Waals surface area contributed by atoms with Gasteiger partial charge < -0.3 is 4.42 Å². The van der Waals surface area contributed by atoms with Crippen molar-refractivity contribution in [2.45, 2.75) is 0 Å². The number of hydrogen-bond donors (Lipinski definition) is 0. The van der Waals surface area contributed by atoms with Gasteiger partial charge in [-0.05, 0) is 48.0 Å². The standard InChI is InChI=1S/C19H11ClF2O2/c20-13-4-1-12(2-5-13)3-8-17(23)19-10-9-18(24-19)15-7-6-14(21)11-16(15)22/h1-11H/b8-3+. The molecule has 5 heteroatoms. The Bertz CT molecular complexity index is 911. The number of hydrogen-bond acceptors (Lipinski definition) is 2. The van der Waals surface area contributed by atoms with E-state index in [1.165, 1.54) is 24.3 Å². The first kappa shape index (κ1) is 16.1. The zero-order chi connectivity index (χ0) is 17.1. The van der Waals surface area contributed by atoms with E-state index in [4.69, 9.17) is 16.0 Å². The summed E-state index contributed by atoms with van der Waals surface area (Å²) in [5.41, 5.74) is 0.904. The average molecular weight is 345 g/mol. The summed E-state index contributed by atoms with van der Waals surface area (Å²) in [5.74, 6) is -1.56. The van der Waals surface area contributed by atoms with Crippen molar-refractivity contribution in [3.05, 3.63) is 88.7 Å². The first-order valence-corrected chi connectivity index (χ1v) is 7.44. The minimum absolute atomic E-state index is 0.0685. The number of rotatable bonds is 4. The molecular weight excluding hydrogens is 334 g/mol. The summed E-state index contributed by atoms with van der Waals surface area (Å²) in [5, 5.41) is 0.607. The summed E-state index contributed by atoms with van der Waals surface area (Å²) in [6.07, 6.45) is 2.98. The van der Waals surface area contributed by atoms with Gasteiger partial charge in [0.05, 0.1) is 5.56 Å². The molecule has 0 aliphatic heterocycles. The van der Waals surface area contributed by atoms with E-state index in [1.807, 2.05) is 0 Å². The summed E-state index contributed by atoms with van der Waals surface area (Å²) in [4.78, 5) is 12.1. The third-order valence-electron chi connectivity index (χ3n) is 3.34. The maximum Gasteiger partial charge on any atom is 0.221 e. The average Bonchev–Trinajstić information content (AvgIpc) is 3.04. The van der Waals surface area contributed by atoms with E-state index in [0.717, 1.165) is 17.7 Å². The van der Waals surface area contributed by atoms with Gasteiger partial charge in [0.25, 0.3) is 0 Å². The second kappa shape index (κ2) is 6.81. The molecule has 120 valence electrons. The molecule has 0 atom stereocenters. The van der Waals surface area contributed by atoms with Crippen LogP contribution in [-0.2, 0) is 0 Å². The lowest BCUT2D eigenvalue weighted by atomic mass is 10.1. The van der Waals surface area contributed by atoms with Crippen LogP contribution in [0.2, 0.25) is 5.02 Å². The van der Waals surface area contributed by atoms with Crippen LogP contribution in [0.4, 0.5) is 8.78 Å². The van der Waals surface area contributed by atoms with E-state index in [1.54, 1.807) is 30.3 Å². The lowest BCUT2D eigenvalue weighted by molar-refractivity contribution is 0.102. The lowest BCUT2D eigenvalue weighted by Crippen LogP contribution is -1.90. The number of benzene rings is 2. The van der Waals surface area contributed by atoms with Gasteiger partial charge in [-0.2, -0.15) is 0 Å². The van der Waals surface area contributed by atoms with E-state index in [0.29, 0.717) is 5.02 Å². The normalized spacial score (nSPS) is 11.1.